The van der Waals surface area contributed by atoms with E-state index in [4.69, 9.17) is 0 Å². The van der Waals surface area contributed by atoms with Gasteiger partial charge in [-0.1, -0.05) is 12.8 Å². The van der Waals surface area contributed by atoms with Crippen LogP contribution in [0.15, 0.2) is 18.5 Å². The van der Waals surface area contributed by atoms with Crippen LogP contribution in [-0.2, 0) is 0 Å². The molecular formula is C17H25N5. The first-order valence-corrected chi connectivity index (χ1v) is 8.61. The van der Waals surface area contributed by atoms with Crippen molar-refractivity contribution >= 4 is 11.3 Å². The zero-order valence-corrected chi connectivity index (χ0v) is 13.3. The van der Waals surface area contributed by atoms with E-state index in [0.29, 0.717) is 6.04 Å². The van der Waals surface area contributed by atoms with Crippen LogP contribution in [-0.4, -0.2) is 44.7 Å². The Morgan fingerprint density at radius 3 is 2.68 bits per heavy atom. The number of nitrogens with zero attached hydrogens (tertiary/aromatic N) is 4. The lowest BCUT2D eigenvalue weighted by Gasteiger charge is -2.36. The lowest BCUT2D eigenvalue weighted by atomic mass is 10.0. The number of rotatable bonds is 3. The third-order valence-corrected chi connectivity index (χ3v) is 5.22. The molecule has 1 saturated carbocycles. The van der Waals surface area contributed by atoms with E-state index in [0.717, 1.165) is 23.1 Å². The lowest BCUT2D eigenvalue weighted by molar-refractivity contribution is 0.159. The van der Waals surface area contributed by atoms with Gasteiger partial charge < -0.3 is 10.2 Å². The quantitative estimate of drug-likeness (QED) is 0.946. The second-order valence-corrected chi connectivity index (χ2v) is 6.78. The minimum Gasteiger partial charge on any atom is -0.365 e. The van der Waals surface area contributed by atoms with E-state index in [-0.39, 0.29) is 0 Å². The van der Waals surface area contributed by atoms with E-state index >= 15 is 0 Å². The van der Waals surface area contributed by atoms with Crippen LogP contribution in [0.4, 0.5) is 5.82 Å². The molecule has 118 valence electrons. The number of piperidine rings is 1. The fourth-order valence-corrected chi connectivity index (χ4v) is 4.03. The van der Waals surface area contributed by atoms with Gasteiger partial charge >= 0.3 is 0 Å². The molecule has 2 fully saturated rings. The minimum absolute atomic E-state index is 0.534. The van der Waals surface area contributed by atoms with Crippen LogP contribution >= 0.6 is 0 Å². The fraction of sp³-hybridized carbons (Fsp3) is 0.647. The zero-order chi connectivity index (χ0) is 14.9. The van der Waals surface area contributed by atoms with Gasteiger partial charge in [0.25, 0.3) is 0 Å². The summed E-state index contributed by atoms with van der Waals surface area (Å²) in [7, 11) is 0. The molecule has 3 heterocycles. The predicted octanol–water partition coefficient (Wildman–Crippen LogP) is 2.86. The fourth-order valence-electron chi connectivity index (χ4n) is 4.03. The largest absolute Gasteiger partial charge is 0.365 e. The van der Waals surface area contributed by atoms with Gasteiger partial charge in [0.05, 0.1) is 5.69 Å². The van der Waals surface area contributed by atoms with E-state index in [9.17, 15) is 0 Å². The first kappa shape index (κ1) is 14.0. The molecule has 1 aliphatic carbocycles. The van der Waals surface area contributed by atoms with Crippen molar-refractivity contribution in [1.29, 1.82) is 0 Å². The van der Waals surface area contributed by atoms with E-state index in [2.05, 4.69) is 26.4 Å². The van der Waals surface area contributed by atoms with Crippen molar-refractivity contribution in [2.45, 2.75) is 57.5 Å². The molecule has 0 unspecified atom stereocenters. The molecule has 22 heavy (non-hydrogen) atoms. The highest BCUT2D eigenvalue weighted by atomic mass is 15.2. The van der Waals surface area contributed by atoms with Crippen LogP contribution < -0.4 is 5.32 Å². The van der Waals surface area contributed by atoms with Gasteiger partial charge in [0.2, 0.25) is 0 Å². The summed E-state index contributed by atoms with van der Waals surface area (Å²) in [4.78, 5) is 7.24. The second kappa shape index (κ2) is 5.88. The van der Waals surface area contributed by atoms with Crippen molar-refractivity contribution in [2.75, 3.05) is 18.4 Å². The molecule has 0 radical (unpaired) electrons. The first-order chi connectivity index (χ1) is 10.8. The van der Waals surface area contributed by atoms with Crippen LogP contribution in [0.1, 0.15) is 44.2 Å². The maximum absolute atomic E-state index is 4.53. The van der Waals surface area contributed by atoms with E-state index < -0.39 is 0 Å². The summed E-state index contributed by atoms with van der Waals surface area (Å²) in [5, 5.41) is 8.11. The number of aryl methyl sites for hydroxylation is 1. The average Bonchev–Trinajstić information content (AvgIpc) is 3.17. The molecule has 0 spiro atoms. The number of hydrogen-bond acceptors (Lipinski definition) is 4. The van der Waals surface area contributed by atoms with Crippen LogP contribution in [0.5, 0.6) is 0 Å². The smallest absolute Gasteiger partial charge is 0.152 e. The van der Waals surface area contributed by atoms with Crippen molar-refractivity contribution < 1.29 is 0 Å². The maximum Gasteiger partial charge on any atom is 0.152 e. The van der Waals surface area contributed by atoms with Gasteiger partial charge in [0.15, 0.2) is 5.82 Å². The standard InChI is InChI=1S/C17H25N5/c1-13-12-16-17(18-8-11-22(16)20-13)19-14-6-9-21(10-7-14)15-4-2-3-5-15/h8,11-12,14-15H,2-7,9-10H2,1H3,(H,18,19). The predicted molar refractivity (Wildman–Crippen MR) is 88.2 cm³/mol. The number of nitrogens with one attached hydrogen (secondary N) is 1. The van der Waals surface area contributed by atoms with E-state index in [1.54, 1.807) is 0 Å². The molecule has 0 aromatic carbocycles. The van der Waals surface area contributed by atoms with E-state index in [1.165, 1.54) is 51.6 Å². The molecule has 4 rings (SSSR count). The summed E-state index contributed by atoms with van der Waals surface area (Å²) in [6.45, 7) is 4.48. The Labute approximate surface area is 131 Å². The number of fused-ring (bicyclic) bond motifs is 1. The van der Waals surface area contributed by atoms with Gasteiger partial charge in [-0.25, -0.2) is 9.50 Å². The molecule has 1 N–H and O–H groups in total. The van der Waals surface area contributed by atoms with Crippen LogP contribution in [0.2, 0.25) is 0 Å². The number of likely N-dealkylation sites (tertiary alicyclic amines) is 1. The molecule has 1 saturated heterocycles. The molecule has 1 aliphatic heterocycles. The number of aromatic nitrogens is 3. The van der Waals surface area contributed by atoms with E-state index in [1.807, 2.05) is 23.8 Å². The van der Waals surface area contributed by atoms with Crippen molar-refractivity contribution in [3.8, 4) is 0 Å². The Kier molecular flexibility index (Phi) is 3.74. The van der Waals surface area contributed by atoms with Crippen LogP contribution in [0.3, 0.4) is 0 Å². The van der Waals surface area contributed by atoms with Gasteiger partial charge in [-0.2, -0.15) is 5.10 Å². The molecule has 5 heteroatoms. The Bertz CT molecular complexity index is 636. The highest BCUT2D eigenvalue weighted by Gasteiger charge is 2.27. The van der Waals surface area contributed by atoms with Gasteiger partial charge in [-0.15, -0.1) is 0 Å². The Balaban J connectivity index is 1.41. The summed E-state index contributed by atoms with van der Waals surface area (Å²) >= 11 is 0. The zero-order valence-electron chi connectivity index (χ0n) is 13.3. The van der Waals surface area contributed by atoms with Gasteiger partial charge in [-0.05, 0) is 38.7 Å². The topological polar surface area (TPSA) is 45.5 Å². The SMILES string of the molecule is Cc1cc2c(NC3CCN(C4CCCC4)CC3)nccn2n1. The first-order valence-electron chi connectivity index (χ1n) is 8.61. The third-order valence-electron chi connectivity index (χ3n) is 5.22. The van der Waals surface area contributed by atoms with Crippen molar-refractivity contribution in [2.24, 2.45) is 0 Å². The Morgan fingerprint density at radius 1 is 1.14 bits per heavy atom. The molecule has 2 aliphatic rings. The maximum atomic E-state index is 4.53. The Hall–Kier alpha value is -1.62. The Morgan fingerprint density at radius 2 is 1.91 bits per heavy atom. The highest BCUT2D eigenvalue weighted by Crippen LogP contribution is 2.27. The lowest BCUT2D eigenvalue weighted by Crippen LogP contribution is -2.43. The van der Waals surface area contributed by atoms with Crippen molar-refractivity contribution in [1.82, 2.24) is 19.5 Å². The third kappa shape index (κ3) is 2.70. The van der Waals surface area contributed by atoms with Crippen molar-refractivity contribution in [3.63, 3.8) is 0 Å². The van der Waals surface area contributed by atoms with Gasteiger partial charge in [-0.3, -0.25) is 0 Å². The van der Waals surface area contributed by atoms with Gasteiger partial charge in [0, 0.05) is 37.6 Å². The normalized spacial score (nSPS) is 21.7. The molecular weight excluding hydrogens is 274 g/mol. The molecule has 2 aromatic rings. The number of hydrogen-bond donors (Lipinski definition) is 1. The minimum atomic E-state index is 0.534. The summed E-state index contributed by atoms with van der Waals surface area (Å²) < 4.78 is 1.92. The number of anilines is 1. The highest BCUT2D eigenvalue weighted by molar-refractivity contribution is 5.68. The van der Waals surface area contributed by atoms with Gasteiger partial charge in [0.1, 0.15) is 5.52 Å². The average molecular weight is 299 g/mol. The summed E-state index contributed by atoms with van der Waals surface area (Å²) in [5.41, 5.74) is 2.12. The van der Waals surface area contributed by atoms with Crippen molar-refractivity contribution in [3.05, 3.63) is 24.2 Å². The molecule has 0 atom stereocenters. The molecule has 5 nitrogen and oxygen atoms in total. The molecule has 2 aromatic heterocycles. The van der Waals surface area contributed by atoms with Crippen LogP contribution in [0, 0.1) is 6.92 Å². The monoisotopic (exact) mass is 299 g/mol. The molecule has 0 amide bonds. The summed E-state index contributed by atoms with van der Waals surface area (Å²) in [6, 6.07) is 3.50. The summed E-state index contributed by atoms with van der Waals surface area (Å²) in [5.74, 6) is 0.974. The second-order valence-electron chi connectivity index (χ2n) is 6.78. The van der Waals surface area contributed by atoms with Crippen LogP contribution in [0.25, 0.3) is 5.52 Å². The summed E-state index contributed by atoms with van der Waals surface area (Å²) in [6.07, 6.45) is 11.8. The molecule has 0 bridgehead atoms.